The maximum absolute atomic E-state index is 5.23. The summed E-state index contributed by atoms with van der Waals surface area (Å²) < 4.78 is 5.23. The van der Waals surface area contributed by atoms with Crippen LogP contribution in [0.5, 0.6) is 0 Å². The van der Waals surface area contributed by atoms with Gasteiger partial charge in [-0.15, -0.1) is 0 Å². The lowest BCUT2D eigenvalue weighted by Crippen LogP contribution is -2.42. The number of nitrogens with one attached hydrogen (secondary N) is 1. The van der Waals surface area contributed by atoms with Crippen LogP contribution in [-0.4, -0.2) is 34.2 Å². The fourth-order valence-corrected chi connectivity index (χ4v) is 4.42. The molecular weight excluding hydrogens is 300 g/mol. The number of aromatic nitrogens is 2. The lowest BCUT2D eigenvalue weighted by Gasteiger charge is -2.33. The van der Waals surface area contributed by atoms with Gasteiger partial charge in [0.05, 0.1) is 6.54 Å². The van der Waals surface area contributed by atoms with Gasteiger partial charge in [0.1, 0.15) is 0 Å². The van der Waals surface area contributed by atoms with Crippen molar-refractivity contribution in [1.29, 1.82) is 0 Å². The molecule has 1 aromatic carbocycles. The summed E-state index contributed by atoms with van der Waals surface area (Å²) >= 11 is 0. The van der Waals surface area contributed by atoms with Crippen molar-refractivity contribution in [3.8, 4) is 0 Å². The van der Waals surface area contributed by atoms with Gasteiger partial charge in [-0.05, 0) is 37.2 Å². The number of fused-ring (bicyclic) bond motifs is 1. The van der Waals surface area contributed by atoms with Crippen LogP contribution in [0.3, 0.4) is 0 Å². The van der Waals surface area contributed by atoms with Crippen LogP contribution in [0.25, 0.3) is 0 Å². The van der Waals surface area contributed by atoms with Crippen LogP contribution in [0, 0.1) is 18.8 Å². The second-order valence-electron chi connectivity index (χ2n) is 7.26. The third-order valence-corrected chi connectivity index (χ3v) is 5.51. The Morgan fingerprint density at radius 1 is 1.21 bits per heavy atom. The van der Waals surface area contributed by atoms with Crippen molar-refractivity contribution in [1.82, 2.24) is 20.4 Å². The molecule has 0 radical (unpaired) electrons. The predicted octanol–water partition coefficient (Wildman–Crippen LogP) is 2.77. The zero-order valence-electron chi connectivity index (χ0n) is 14.3. The lowest BCUT2D eigenvalue weighted by molar-refractivity contribution is 0.214. The van der Waals surface area contributed by atoms with Crippen LogP contribution < -0.4 is 5.32 Å². The maximum Gasteiger partial charge on any atom is 0.240 e. The Balaban J connectivity index is 1.35. The molecule has 1 aromatic heterocycles. The van der Waals surface area contributed by atoms with Crippen molar-refractivity contribution in [2.75, 3.05) is 13.1 Å². The van der Waals surface area contributed by atoms with Gasteiger partial charge in [-0.3, -0.25) is 4.90 Å². The van der Waals surface area contributed by atoms with Gasteiger partial charge in [0.25, 0.3) is 0 Å². The summed E-state index contributed by atoms with van der Waals surface area (Å²) in [5.74, 6) is 2.98. The lowest BCUT2D eigenvalue weighted by atomic mass is 9.78. The Hall–Kier alpha value is -1.72. The summed E-state index contributed by atoms with van der Waals surface area (Å²) in [6.07, 6.45) is 3.95. The van der Waals surface area contributed by atoms with Gasteiger partial charge in [-0.1, -0.05) is 41.9 Å². The zero-order valence-corrected chi connectivity index (χ0v) is 14.3. The van der Waals surface area contributed by atoms with Crippen molar-refractivity contribution in [2.45, 2.75) is 45.3 Å². The molecule has 2 heterocycles. The van der Waals surface area contributed by atoms with E-state index in [1.807, 2.05) is 6.92 Å². The van der Waals surface area contributed by atoms with E-state index in [0.29, 0.717) is 24.3 Å². The van der Waals surface area contributed by atoms with E-state index >= 15 is 0 Å². The molecular formula is C19H26N4O. The standard InChI is InChI=1S/C19H26N4O/c1-14-21-19(24-22-14)10-20-18-9-5-8-16-12-23(13-17(16)18)11-15-6-3-2-4-7-15/h2-4,6-7,16-18,20H,5,8-13H2,1H3/t16-,17-,18+/m0/s1. The summed E-state index contributed by atoms with van der Waals surface area (Å²) in [5.41, 5.74) is 1.42. The van der Waals surface area contributed by atoms with Crippen LogP contribution in [-0.2, 0) is 13.1 Å². The van der Waals surface area contributed by atoms with E-state index in [9.17, 15) is 0 Å². The van der Waals surface area contributed by atoms with Crippen molar-refractivity contribution in [3.05, 3.63) is 47.6 Å². The summed E-state index contributed by atoms with van der Waals surface area (Å²) in [6, 6.07) is 11.4. The molecule has 1 saturated heterocycles. The first-order chi connectivity index (χ1) is 11.8. The predicted molar refractivity (Wildman–Crippen MR) is 92.2 cm³/mol. The Labute approximate surface area is 143 Å². The van der Waals surface area contributed by atoms with Gasteiger partial charge >= 0.3 is 0 Å². The highest BCUT2D eigenvalue weighted by atomic mass is 16.5. The molecule has 0 bridgehead atoms. The molecule has 5 nitrogen and oxygen atoms in total. The van der Waals surface area contributed by atoms with Gasteiger partial charge in [0.15, 0.2) is 5.82 Å². The van der Waals surface area contributed by atoms with E-state index in [1.54, 1.807) is 0 Å². The molecule has 128 valence electrons. The highest BCUT2D eigenvalue weighted by Gasteiger charge is 2.39. The van der Waals surface area contributed by atoms with Crippen molar-refractivity contribution in [2.24, 2.45) is 11.8 Å². The smallest absolute Gasteiger partial charge is 0.240 e. The van der Waals surface area contributed by atoms with Crippen LogP contribution in [0.2, 0.25) is 0 Å². The van der Waals surface area contributed by atoms with E-state index in [1.165, 1.54) is 37.9 Å². The summed E-state index contributed by atoms with van der Waals surface area (Å²) in [5, 5.41) is 7.56. The molecule has 1 N–H and O–H groups in total. The quantitative estimate of drug-likeness (QED) is 0.915. The Morgan fingerprint density at radius 2 is 2.08 bits per heavy atom. The minimum atomic E-state index is 0.566. The summed E-state index contributed by atoms with van der Waals surface area (Å²) in [7, 11) is 0. The summed E-state index contributed by atoms with van der Waals surface area (Å²) in [6.45, 7) is 6.05. The second-order valence-corrected chi connectivity index (χ2v) is 7.26. The average Bonchev–Trinajstić information content (AvgIpc) is 3.19. The Bertz CT molecular complexity index is 656. The van der Waals surface area contributed by atoms with Crippen LogP contribution in [0.15, 0.2) is 34.9 Å². The molecule has 0 spiro atoms. The van der Waals surface area contributed by atoms with E-state index in [-0.39, 0.29) is 0 Å². The average molecular weight is 326 g/mol. The molecule has 3 atom stereocenters. The van der Waals surface area contributed by atoms with Crippen LogP contribution in [0.1, 0.15) is 36.5 Å². The third kappa shape index (κ3) is 3.52. The molecule has 5 heteroatoms. The molecule has 0 amide bonds. The van der Waals surface area contributed by atoms with Crippen molar-refractivity contribution >= 4 is 0 Å². The third-order valence-electron chi connectivity index (χ3n) is 5.51. The number of aryl methyl sites for hydroxylation is 1. The molecule has 1 aliphatic heterocycles. The molecule has 2 aromatic rings. The number of hydrogen-bond donors (Lipinski definition) is 1. The number of hydrogen-bond acceptors (Lipinski definition) is 5. The van der Waals surface area contributed by atoms with E-state index < -0.39 is 0 Å². The number of benzene rings is 1. The minimum absolute atomic E-state index is 0.566. The maximum atomic E-state index is 5.23. The Kier molecular flexibility index (Phi) is 4.63. The normalized spacial score (nSPS) is 27.3. The van der Waals surface area contributed by atoms with Gasteiger partial charge in [-0.2, -0.15) is 4.98 Å². The number of nitrogens with zero attached hydrogens (tertiary/aromatic N) is 3. The molecule has 1 aliphatic carbocycles. The topological polar surface area (TPSA) is 54.2 Å². The van der Waals surface area contributed by atoms with Crippen molar-refractivity contribution < 1.29 is 4.52 Å². The largest absolute Gasteiger partial charge is 0.338 e. The molecule has 2 fully saturated rings. The van der Waals surface area contributed by atoms with E-state index in [0.717, 1.165) is 18.4 Å². The monoisotopic (exact) mass is 326 g/mol. The molecule has 1 saturated carbocycles. The molecule has 2 aliphatic rings. The van der Waals surface area contributed by atoms with Gasteiger partial charge in [0.2, 0.25) is 5.89 Å². The minimum Gasteiger partial charge on any atom is -0.338 e. The highest BCUT2D eigenvalue weighted by Crippen LogP contribution is 2.37. The van der Waals surface area contributed by atoms with Crippen molar-refractivity contribution in [3.63, 3.8) is 0 Å². The first kappa shape index (κ1) is 15.8. The van der Waals surface area contributed by atoms with Gasteiger partial charge in [0, 0.05) is 25.7 Å². The van der Waals surface area contributed by atoms with E-state index in [2.05, 4.69) is 50.7 Å². The number of likely N-dealkylation sites (tertiary alicyclic amines) is 1. The SMILES string of the molecule is Cc1noc(CN[C@@H]2CCC[C@H]3CN(Cc4ccccc4)C[C@@H]32)n1. The molecule has 24 heavy (non-hydrogen) atoms. The van der Waals surface area contributed by atoms with Gasteiger partial charge < -0.3 is 9.84 Å². The van der Waals surface area contributed by atoms with Crippen LogP contribution >= 0.6 is 0 Å². The van der Waals surface area contributed by atoms with Gasteiger partial charge in [-0.25, -0.2) is 0 Å². The first-order valence-corrected chi connectivity index (χ1v) is 9.07. The second kappa shape index (κ2) is 7.03. The molecule has 0 unspecified atom stereocenters. The Morgan fingerprint density at radius 3 is 2.88 bits per heavy atom. The highest BCUT2D eigenvalue weighted by molar-refractivity contribution is 5.15. The zero-order chi connectivity index (χ0) is 16.4. The van der Waals surface area contributed by atoms with Crippen LogP contribution in [0.4, 0.5) is 0 Å². The number of rotatable bonds is 5. The first-order valence-electron chi connectivity index (χ1n) is 9.07. The fourth-order valence-electron chi connectivity index (χ4n) is 4.42. The van der Waals surface area contributed by atoms with E-state index in [4.69, 9.17) is 4.52 Å². The summed E-state index contributed by atoms with van der Waals surface area (Å²) in [4.78, 5) is 6.93. The fraction of sp³-hybridized carbons (Fsp3) is 0.579. The molecule has 4 rings (SSSR count).